The van der Waals surface area contributed by atoms with Gasteiger partial charge < -0.3 is 10.5 Å². The van der Waals surface area contributed by atoms with E-state index in [2.05, 4.69) is 11.7 Å². The van der Waals surface area contributed by atoms with Gasteiger partial charge in [-0.3, -0.25) is 0 Å². The van der Waals surface area contributed by atoms with Crippen LogP contribution >= 0.6 is 11.3 Å². The second kappa shape index (κ2) is 4.39. The summed E-state index contributed by atoms with van der Waals surface area (Å²) in [5, 5.41) is 0. The van der Waals surface area contributed by atoms with Gasteiger partial charge in [0, 0.05) is 9.75 Å². The smallest absolute Gasteiger partial charge is 0.328 e. The molecule has 0 fully saturated rings. The van der Waals surface area contributed by atoms with Crippen LogP contribution in [0.25, 0.3) is 0 Å². The lowest BCUT2D eigenvalue weighted by Gasteiger charge is -2.05. The van der Waals surface area contributed by atoms with Gasteiger partial charge in [-0.15, -0.1) is 11.3 Å². The van der Waals surface area contributed by atoms with Gasteiger partial charge in [0.2, 0.25) is 0 Å². The number of rotatable bonds is 3. The summed E-state index contributed by atoms with van der Waals surface area (Å²) in [5.41, 5.74) is 5.65. The highest BCUT2D eigenvalue weighted by molar-refractivity contribution is 7.12. The molecule has 0 spiro atoms. The molecule has 1 aromatic rings. The largest absolute Gasteiger partial charge is 0.468 e. The maximum Gasteiger partial charge on any atom is 0.328 e. The summed E-state index contributed by atoms with van der Waals surface area (Å²) in [6, 6.07) is 3.24. The number of hydrogen-bond donors (Lipinski definition) is 1. The van der Waals surface area contributed by atoms with Crippen molar-refractivity contribution in [3.05, 3.63) is 21.9 Å². The first-order chi connectivity index (χ1) is 6.19. The first-order valence-electron chi connectivity index (χ1n) is 4.11. The van der Waals surface area contributed by atoms with Crippen molar-refractivity contribution in [2.45, 2.75) is 19.4 Å². The van der Waals surface area contributed by atoms with Gasteiger partial charge in [-0.2, -0.15) is 0 Å². The highest BCUT2D eigenvalue weighted by atomic mass is 32.1. The first kappa shape index (κ1) is 10.2. The van der Waals surface area contributed by atoms with Crippen LogP contribution in [0.1, 0.15) is 22.7 Å². The molecule has 0 saturated heterocycles. The molecule has 2 N–H and O–H groups in total. The van der Waals surface area contributed by atoms with Gasteiger partial charge in [-0.1, -0.05) is 6.92 Å². The molecule has 0 aromatic carbocycles. The summed E-state index contributed by atoms with van der Waals surface area (Å²) in [7, 11) is 1.34. The number of esters is 1. The third-order valence-electron chi connectivity index (χ3n) is 1.79. The number of thiophene rings is 1. The fourth-order valence-corrected chi connectivity index (χ4v) is 1.94. The Hall–Kier alpha value is -0.870. The van der Waals surface area contributed by atoms with E-state index in [1.54, 1.807) is 11.3 Å². The maximum atomic E-state index is 11.1. The van der Waals surface area contributed by atoms with Crippen LogP contribution in [0.2, 0.25) is 0 Å². The lowest BCUT2D eigenvalue weighted by molar-refractivity contribution is -0.142. The van der Waals surface area contributed by atoms with Crippen molar-refractivity contribution in [3.8, 4) is 0 Å². The van der Waals surface area contributed by atoms with E-state index in [0.29, 0.717) is 0 Å². The van der Waals surface area contributed by atoms with Crippen LogP contribution in [-0.2, 0) is 16.0 Å². The summed E-state index contributed by atoms with van der Waals surface area (Å²) >= 11 is 1.56. The molecule has 0 unspecified atom stereocenters. The number of carbonyl (C=O) groups excluding carboxylic acids is 1. The van der Waals surface area contributed by atoms with Crippen molar-refractivity contribution < 1.29 is 9.53 Å². The monoisotopic (exact) mass is 199 g/mol. The van der Waals surface area contributed by atoms with Crippen molar-refractivity contribution in [2.75, 3.05) is 7.11 Å². The van der Waals surface area contributed by atoms with Gasteiger partial charge >= 0.3 is 5.97 Å². The standard InChI is InChI=1S/C9H13NO2S/c1-3-6-4-5-7(13-6)8(10)9(11)12-2/h4-5,8H,3,10H2,1-2H3/t8-/m1/s1. The van der Waals surface area contributed by atoms with Crippen LogP contribution in [0.15, 0.2) is 12.1 Å². The van der Waals surface area contributed by atoms with Gasteiger partial charge in [0.1, 0.15) is 6.04 Å². The fraction of sp³-hybridized carbons (Fsp3) is 0.444. The molecule has 0 bridgehead atoms. The van der Waals surface area contributed by atoms with Gasteiger partial charge in [0.05, 0.1) is 7.11 Å². The third kappa shape index (κ3) is 2.29. The molecule has 0 amide bonds. The van der Waals surface area contributed by atoms with Crippen molar-refractivity contribution in [1.29, 1.82) is 0 Å². The van der Waals surface area contributed by atoms with Crippen LogP contribution < -0.4 is 5.73 Å². The number of nitrogens with two attached hydrogens (primary N) is 1. The predicted molar refractivity (Wildman–Crippen MR) is 52.6 cm³/mol. The summed E-state index contributed by atoms with van der Waals surface area (Å²) in [4.78, 5) is 13.2. The van der Waals surface area contributed by atoms with Crippen LogP contribution in [0, 0.1) is 0 Å². The molecule has 1 aromatic heterocycles. The van der Waals surface area contributed by atoms with Crippen LogP contribution in [0.3, 0.4) is 0 Å². The number of hydrogen-bond acceptors (Lipinski definition) is 4. The van der Waals surface area contributed by atoms with Gasteiger partial charge in [0.25, 0.3) is 0 Å². The molecule has 0 radical (unpaired) electrons. The summed E-state index contributed by atoms with van der Waals surface area (Å²) in [6.45, 7) is 2.07. The molecule has 72 valence electrons. The lowest BCUT2D eigenvalue weighted by Crippen LogP contribution is -2.21. The molecule has 0 aliphatic rings. The molecular weight excluding hydrogens is 186 g/mol. The molecule has 13 heavy (non-hydrogen) atoms. The fourth-order valence-electron chi connectivity index (χ4n) is 0.995. The lowest BCUT2D eigenvalue weighted by atomic mass is 10.2. The van der Waals surface area contributed by atoms with Crippen LogP contribution in [0.5, 0.6) is 0 Å². The zero-order valence-corrected chi connectivity index (χ0v) is 8.56. The zero-order valence-electron chi connectivity index (χ0n) is 7.74. The Kier molecular flexibility index (Phi) is 3.45. The van der Waals surface area contributed by atoms with Gasteiger partial charge in [0.15, 0.2) is 0 Å². The summed E-state index contributed by atoms with van der Waals surface area (Å²) in [5.74, 6) is -0.385. The minimum absolute atomic E-state index is 0.385. The Balaban J connectivity index is 2.76. The van der Waals surface area contributed by atoms with Gasteiger partial charge in [-0.05, 0) is 18.6 Å². The molecule has 0 aliphatic carbocycles. The number of carbonyl (C=O) groups is 1. The molecule has 4 heteroatoms. The highest BCUT2D eigenvalue weighted by Crippen LogP contribution is 2.22. The molecule has 1 atom stereocenters. The van der Waals surface area contributed by atoms with E-state index in [1.807, 2.05) is 12.1 Å². The van der Waals surface area contributed by atoms with Crippen molar-refractivity contribution in [3.63, 3.8) is 0 Å². The molecule has 3 nitrogen and oxygen atoms in total. The molecule has 0 aliphatic heterocycles. The minimum Gasteiger partial charge on any atom is -0.468 e. The molecule has 1 heterocycles. The summed E-state index contributed by atoms with van der Waals surface area (Å²) in [6.07, 6.45) is 0.971. The Labute approximate surface area is 81.5 Å². The average Bonchev–Trinajstić information content (AvgIpc) is 2.63. The van der Waals surface area contributed by atoms with E-state index >= 15 is 0 Å². The molecule has 1 rings (SSSR count). The van der Waals surface area contributed by atoms with E-state index in [4.69, 9.17) is 5.73 Å². The normalized spacial score (nSPS) is 12.5. The van der Waals surface area contributed by atoms with E-state index in [1.165, 1.54) is 12.0 Å². The first-order valence-corrected chi connectivity index (χ1v) is 4.92. The SMILES string of the molecule is CCc1ccc([C@@H](N)C(=O)OC)s1. The summed E-state index contributed by atoms with van der Waals surface area (Å²) < 4.78 is 4.55. The topological polar surface area (TPSA) is 52.3 Å². The van der Waals surface area contributed by atoms with Gasteiger partial charge in [-0.25, -0.2) is 4.79 Å². The molecule has 0 saturated carbocycles. The quantitative estimate of drug-likeness (QED) is 0.750. The molecular formula is C9H13NO2S. The predicted octanol–water partition coefficient (Wildman–Crippen LogP) is 1.48. The highest BCUT2D eigenvalue weighted by Gasteiger charge is 2.17. The number of aryl methyl sites for hydroxylation is 1. The Morgan fingerprint density at radius 3 is 2.85 bits per heavy atom. The Morgan fingerprint density at radius 2 is 2.38 bits per heavy atom. The van der Waals surface area contributed by atoms with Crippen LogP contribution in [-0.4, -0.2) is 13.1 Å². The minimum atomic E-state index is -0.629. The van der Waals surface area contributed by atoms with E-state index in [-0.39, 0.29) is 5.97 Å². The van der Waals surface area contributed by atoms with E-state index in [9.17, 15) is 4.79 Å². The third-order valence-corrected chi connectivity index (χ3v) is 3.11. The second-order valence-electron chi connectivity index (χ2n) is 2.66. The van der Waals surface area contributed by atoms with Crippen molar-refractivity contribution >= 4 is 17.3 Å². The van der Waals surface area contributed by atoms with Crippen molar-refractivity contribution in [2.24, 2.45) is 5.73 Å². The van der Waals surface area contributed by atoms with E-state index < -0.39 is 6.04 Å². The second-order valence-corrected chi connectivity index (χ2v) is 3.86. The Morgan fingerprint density at radius 1 is 1.69 bits per heavy atom. The average molecular weight is 199 g/mol. The van der Waals surface area contributed by atoms with Crippen molar-refractivity contribution in [1.82, 2.24) is 0 Å². The zero-order chi connectivity index (χ0) is 9.84. The number of methoxy groups -OCH3 is 1. The van der Waals surface area contributed by atoms with E-state index in [0.717, 1.165) is 11.3 Å². The van der Waals surface area contributed by atoms with Crippen LogP contribution in [0.4, 0.5) is 0 Å². The number of ether oxygens (including phenoxy) is 1. The Bertz CT molecular complexity index is 296. The maximum absolute atomic E-state index is 11.1.